The van der Waals surface area contributed by atoms with Gasteiger partial charge >= 0.3 is 0 Å². The number of rotatable bonds is 9. The molecule has 1 aliphatic rings. The summed E-state index contributed by atoms with van der Waals surface area (Å²) in [7, 11) is -3.78. The number of amides is 2. The number of hydrogen-bond acceptors (Lipinski definition) is 4. The van der Waals surface area contributed by atoms with E-state index in [9.17, 15) is 18.0 Å². The van der Waals surface area contributed by atoms with Crippen LogP contribution in [0.4, 0.5) is 5.69 Å². The van der Waals surface area contributed by atoms with Crippen LogP contribution in [-0.2, 0) is 26.2 Å². The van der Waals surface area contributed by atoms with E-state index < -0.39 is 28.5 Å². The van der Waals surface area contributed by atoms with E-state index in [1.807, 2.05) is 30.3 Å². The molecule has 34 heavy (non-hydrogen) atoms. The number of nitrogens with zero attached hydrogens (tertiary/aromatic N) is 2. The van der Waals surface area contributed by atoms with Crippen molar-refractivity contribution in [3.8, 4) is 0 Å². The van der Waals surface area contributed by atoms with Gasteiger partial charge in [0.15, 0.2) is 0 Å². The number of halogens is 1. The number of benzene rings is 2. The van der Waals surface area contributed by atoms with Crippen molar-refractivity contribution in [2.24, 2.45) is 0 Å². The van der Waals surface area contributed by atoms with Crippen molar-refractivity contribution in [2.75, 3.05) is 17.1 Å². The maximum atomic E-state index is 13.5. The van der Waals surface area contributed by atoms with E-state index in [0.717, 1.165) is 41.8 Å². The lowest BCUT2D eigenvalue weighted by Gasteiger charge is -2.33. The minimum absolute atomic E-state index is 0.108. The molecule has 9 heteroatoms. The maximum absolute atomic E-state index is 13.5. The summed E-state index contributed by atoms with van der Waals surface area (Å²) in [4.78, 5) is 28.0. The molecule has 0 aromatic heterocycles. The van der Waals surface area contributed by atoms with E-state index in [1.54, 1.807) is 25.1 Å². The van der Waals surface area contributed by atoms with Crippen LogP contribution in [0.2, 0.25) is 5.02 Å². The fourth-order valence-corrected chi connectivity index (χ4v) is 5.20. The van der Waals surface area contributed by atoms with Crippen molar-refractivity contribution < 1.29 is 18.0 Å². The molecule has 1 atom stereocenters. The molecule has 1 N–H and O–H groups in total. The Hall–Kier alpha value is -2.58. The van der Waals surface area contributed by atoms with Gasteiger partial charge in [0.2, 0.25) is 21.8 Å². The number of hydrogen-bond donors (Lipinski definition) is 1. The third kappa shape index (κ3) is 7.21. The van der Waals surface area contributed by atoms with Crippen molar-refractivity contribution >= 4 is 39.1 Å². The van der Waals surface area contributed by atoms with Gasteiger partial charge < -0.3 is 10.2 Å². The summed E-state index contributed by atoms with van der Waals surface area (Å²) in [5, 5.41) is 3.44. The van der Waals surface area contributed by atoms with Gasteiger partial charge in [-0.3, -0.25) is 13.9 Å². The molecule has 2 aromatic rings. The molecule has 0 heterocycles. The van der Waals surface area contributed by atoms with Gasteiger partial charge in [0.1, 0.15) is 12.6 Å². The van der Waals surface area contributed by atoms with Gasteiger partial charge in [-0.15, -0.1) is 0 Å². The molecule has 1 saturated carbocycles. The molecule has 2 amide bonds. The molecule has 0 aliphatic heterocycles. The first-order chi connectivity index (χ1) is 16.1. The van der Waals surface area contributed by atoms with Crippen molar-refractivity contribution in [3.63, 3.8) is 0 Å². The van der Waals surface area contributed by atoms with Crippen LogP contribution in [0.25, 0.3) is 0 Å². The molecular weight excluding hydrogens is 474 g/mol. The van der Waals surface area contributed by atoms with E-state index in [1.165, 1.54) is 17.4 Å². The summed E-state index contributed by atoms with van der Waals surface area (Å²) in [6.45, 7) is 1.43. The lowest BCUT2D eigenvalue weighted by Crippen LogP contribution is -2.52. The zero-order valence-electron chi connectivity index (χ0n) is 19.6. The predicted molar refractivity (Wildman–Crippen MR) is 135 cm³/mol. The van der Waals surface area contributed by atoms with Gasteiger partial charge in [0, 0.05) is 17.6 Å². The van der Waals surface area contributed by atoms with Crippen molar-refractivity contribution in [1.82, 2.24) is 10.2 Å². The molecule has 1 fully saturated rings. The molecule has 0 radical (unpaired) electrons. The van der Waals surface area contributed by atoms with Gasteiger partial charge in [-0.25, -0.2) is 8.42 Å². The average Bonchev–Trinajstić information content (AvgIpc) is 2.81. The van der Waals surface area contributed by atoms with Gasteiger partial charge in [0.05, 0.1) is 11.9 Å². The van der Waals surface area contributed by atoms with Gasteiger partial charge in [0.25, 0.3) is 0 Å². The molecule has 1 aliphatic carbocycles. The van der Waals surface area contributed by atoms with Crippen LogP contribution < -0.4 is 9.62 Å². The average molecular weight is 506 g/mol. The smallest absolute Gasteiger partial charge is 0.244 e. The number of carbonyl (C=O) groups is 2. The molecule has 2 aromatic carbocycles. The van der Waals surface area contributed by atoms with E-state index in [-0.39, 0.29) is 18.5 Å². The first-order valence-corrected chi connectivity index (χ1v) is 13.7. The van der Waals surface area contributed by atoms with Crippen LogP contribution >= 0.6 is 11.6 Å². The summed E-state index contributed by atoms with van der Waals surface area (Å²) in [5.74, 6) is -0.703. The highest BCUT2D eigenvalue weighted by Crippen LogP contribution is 2.23. The summed E-state index contributed by atoms with van der Waals surface area (Å²) >= 11 is 6.06. The van der Waals surface area contributed by atoms with Gasteiger partial charge in [-0.1, -0.05) is 67.3 Å². The molecule has 7 nitrogen and oxygen atoms in total. The van der Waals surface area contributed by atoms with Crippen molar-refractivity contribution in [2.45, 2.75) is 57.7 Å². The Morgan fingerprint density at radius 1 is 1.06 bits per heavy atom. The molecule has 184 valence electrons. The second kappa shape index (κ2) is 11.7. The predicted octanol–water partition coefficient (Wildman–Crippen LogP) is 3.97. The third-order valence-corrected chi connectivity index (χ3v) is 7.47. The van der Waals surface area contributed by atoms with Crippen LogP contribution in [0.1, 0.15) is 44.6 Å². The van der Waals surface area contributed by atoms with Crippen LogP contribution in [-0.4, -0.2) is 50.0 Å². The zero-order valence-corrected chi connectivity index (χ0v) is 21.2. The van der Waals surface area contributed by atoms with Crippen molar-refractivity contribution in [3.05, 3.63) is 65.2 Å². The number of nitrogens with one attached hydrogen (secondary N) is 1. The minimum Gasteiger partial charge on any atom is -0.352 e. The monoisotopic (exact) mass is 505 g/mol. The van der Waals surface area contributed by atoms with Crippen LogP contribution in [0.15, 0.2) is 54.6 Å². The summed E-state index contributed by atoms with van der Waals surface area (Å²) in [5.41, 5.74) is 1.14. The Morgan fingerprint density at radius 2 is 1.74 bits per heavy atom. The summed E-state index contributed by atoms with van der Waals surface area (Å²) in [6.07, 6.45) is 6.24. The largest absolute Gasteiger partial charge is 0.352 e. The number of anilines is 1. The first kappa shape index (κ1) is 26.0. The fourth-order valence-electron chi connectivity index (χ4n) is 4.18. The topological polar surface area (TPSA) is 86.8 Å². The van der Waals surface area contributed by atoms with E-state index in [2.05, 4.69) is 5.32 Å². The third-order valence-electron chi connectivity index (χ3n) is 6.09. The second-order valence-electron chi connectivity index (χ2n) is 8.78. The Bertz CT molecular complexity index is 1090. The molecule has 0 unspecified atom stereocenters. The summed E-state index contributed by atoms with van der Waals surface area (Å²) < 4.78 is 26.1. The lowest BCUT2D eigenvalue weighted by molar-refractivity contribution is -0.139. The molecule has 0 bridgehead atoms. The van der Waals surface area contributed by atoms with Crippen LogP contribution in [0, 0.1) is 0 Å². The van der Waals surface area contributed by atoms with E-state index >= 15 is 0 Å². The van der Waals surface area contributed by atoms with E-state index in [4.69, 9.17) is 11.6 Å². The highest BCUT2D eigenvalue weighted by Gasteiger charge is 2.31. The lowest BCUT2D eigenvalue weighted by atomic mass is 9.95. The minimum atomic E-state index is -3.78. The standard InChI is InChI=1S/C25H32ClN3O4S/c1-19(25(31)27-22-13-7-4-8-14-22)28(17-20-10-5-3-6-11-20)24(30)18-29(34(2,32)33)23-15-9-12-21(26)16-23/h3,5-6,9-12,15-16,19,22H,4,7-8,13-14,17-18H2,1-2H3,(H,27,31)/t19-/m0/s1. The Balaban J connectivity index is 1.84. The second-order valence-corrected chi connectivity index (χ2v) is 11.1. The molecule has 0 saturated heterocycles. The van der Waals surface area contributed by atoms with Crippen LogP contribution in [0.3, 0.4) is 0 Å². The number of sulfonamides is 1. The highest BCUT2D eigenvalue weighted by atomic mass is 35.5. The van der Waals surface area contributed by atoms with Crippen LogP contribution in [0.5, 0.6) is 0 Å². The molecule has 3 rings (SSSR count). The Morgan fingerprint density at radius 3 is 2.35 bits per heavy atom. The highest BCUT2D eigenvalue weighted by molar-refractivity contribution is 7.92. The zero-order chi connectivity index (χ0) is 24.7. The Kier molecular flexibility index (Phi) is 8.97. The first-order valence-electron chi connectivity index (χ1n) is 11.5. The molecular formula is C25H32ClN3O4S. The van der Waals surface area contributed by atoms with Gasteiger partial charge in [-0.2, -0.15) is 0 Å². The Labute approximate surface area is 207 Å². The SMILES string of the molecule is C[C@@H](C(=O)NC1CCCCC1)N(Cc1ccccc1)C(=O)CN(c1cccc(Cl)c1)S(C)(=O)=O. The summed E-state index contributed by atoms with van der Waals surface area (Å²) in [6, 6.07) is 15.0. The quantitative estimate of drug-likeness (QED) is 0.558. The van der Waals surface area contributed by atoms with Crippen molar-refractivity contribution in [1.29, 1.82) is 0 Å². The normalized spacial score (nSPS) is 15.4. The maximum Gasteiger partial charge on any atom is 0.244 e. The number of carbonyl (C=O) groups excluding carboxylic acids is 2. The van der Waals surface area contributed by atoms with Gasteiger partial charge in [-0.05, 0) is 43.5 Å². The fraction of sp³-hybridized carbons (Fsp3) is 0.440. The molecule has 0 spiro atoms. The van der Waals surface area contributed by atoms with E-state index in [0.29, 0.717) is 10.7 Å².